The summed E-state index contributed by atoms with van der Waals surface area (Å²) in [5.41, 5.74) is 3.09. The minimum Gasteiger partial charge on any atom is -0.469 e. The third kappa shape index (κ3) is 2.92. The molecule has 0 aliphatic carbocycles. The van der Waals surface area contributed by atoms with Crippen LogP contribution in [0.1, 0.15) is 34.6 Å². The fraction of sp³-hybridized carbons (Fsp3) is 0.471. The van der Waals surface area contributed by atoms with Gasteiger partial charge in [0.25, 0.3) is 5.91 Å². The molecule has 2 aromatic rings. The second-order valence-corrected chi connectivity index (χ2v) is 7.05. The fourth-order valence-corrected chi connectivity index (χ4v) is 3.88. The van der Waals surface area contributed by atoms with E-state index in [1.807, 2.05) is 30.5 Å². The smallest absolute Gasteiger partial charge is 0.308 e. The first-order chi connectivity index (χ1) is 11.4. The van der Waals surface area contributed by atoms with E-state index in [0.29, 0.717) is 37.3 Å². The number of rotatable bonds is 2. The highest BCUT2D eigenvalue weighted by Gasteiger charge is 2.30. The van der Waals surface area contributed by atoms with Crippen LogP contribution in [0.5, 0.6) is 0 Å². The van der Waals surface area contributed by atoms with Crippen molar-refractivity contribution in [1.29, 1.82) is 0 Å². The van der Waals surface area contributed by atoms with Crippen molar-refractivity contribution >= 4 is 33.5 Å². The molecule has 0 saturated carbocycles. The van der Waals surface area contributed by atoms with Crippen LogP contribution in [-0.2, 0) is 9.53 Å². The van der Waals surface area contributed by atoms with E-state index in [4.69, 9.17) is 4.74 Å². The van der Waals surface area contributed by atoms with Crippen LogP contribution in [0.25, 0.3) is 5.65 Å². The van der Waals surface area contributed by atoms with Crippen LogP contribution in [-0.4, -0.2) is 46.4 Å². The molecule has 3 rings (SSSR count). The number of ether oxygens (including phenoxy) is 1. The number of hydrogen-bond acceptors (Lipinski definition) is 4. The molecule has 1 aliphatic rings. The third-order valence-electron chi connectivity index (χ3n) is 4.51. The van der Waals surface area contributed by atoms with Gasteiger partial charge in [-0.2, -0.15) is 0 Å². The molecule has 0 spiro atoms. The number of hydrogen-bond donors (Lipinski definition) is 0. The van der Waals surface area contributed by atoms with Gasteiger partial charge in [-0.15, -0.1) is 0 Å². The van der Waals surface area contributed by atoms with E-state index >= 15 is 0 Å². The van der Waals surface area contributed by atoms with Gasteiger partial charge in [-0.1, -0.05) is 0 Å². The highest BCUT2D eigenvalue weighted by molar-refractivity contribution is 9.10. The minimum atomic E-state index is -0.187. The third-order valence-corrected chi connectivity index (χ3v) is 5.09. The quantitative estimate of drug-likeness (QED) is 0.735. The number of carbonyl (C=O) groups is 2. The van der Waals surface area contributed by atoms with E-state index in [-0.39, 0.29) is 17.8 Å². The molecule has 1 aliphatic heterocycles. The van der Waals surface area contributed by atoms with E-state index in [2.05, 4.69) is 20.9 Å². The molecule has 7 heteroatoms. The number of piperidine rings is 1. The summed E-state index contributed by atoms with van der Waals surface area (Å²) in [5, 5.41) is 0. The number of esters is 1. The van der Waals surface area contributed by atoms with Gasteiger partial charge < -0.3 is 9.64 Å². The number of nitrogens with zero attached hydrogens (tertiary/aromatic N) is 3. The lowest BCUT2D eigenvalue weighted by molar-refractivity contribution is -0.146. The van der Waals surface area contributed by atoms with E-state index in [1.54, 1.807) is 4.90 Å². The van der Waals surface area contributed by atoms with Crippen molar-refractivity contribution in [3.05, 3.63) is 33.7 Å². The molecule has 128 valence electrons. The molecule has 3 heterocycles. The maximum atomic E-state index is 13.0. The number of aromatic nitrogens is 2. The second-order valence-electron chi connectivity index (χ2n) is 6.19. The molecule has 1 fully saturated rings. The van der Waals surface area contributed by atoms with E-state index in [1.165, 1.54) is 7.11 Å². The molecule has 6 nitrogen and oxygen atoms in total. The summed E-state index contributed by atoms with van der Waals surface area (Å²) in [7, 11) is 1.40. The minimum absolute atomic E-state index is 0.0409. The highest BCUT2D eigenvalue weighted by Crippen LogP contribution is 2.25. The Hall–Kier alpha value is -1.89. The normalized spacial score (nSPS) is 15.8. The summed E-state index contributed by atoms with van der Waals surface area (Å²) in [6.45, 7) is 4.94. The SMILES string of the molecule is COC(=O)C1CCN(C(=O)c2c(C)nc3c(Br)cc(C)cn23)CC1. The van der Waals surface area contributed by atoms with Crippen molar-refractivity contribution in [2.24, 2.45) is 5.92 Å². The summed E-state index contributed by atoms with van der Waals surface area (Å²) >= 11 is 3.51. The number of aryl methyl sites for hydroxylation is 2. The van der Waals surface area contributed by atoms with E-state index < -0.39 is 0 Å². The number of pyridine rings is 1. The molecule has 1 saturated heterocycles. The zero-order chi connectivity index (χ0) is 17.4. The molecule has 0 atom stereocenters. The Morgan fingerprint density at radius 2 is 1.96 bits per heavy atom. The van der Waals surface area contributed by atoms with Gasteiger partial charge in [-0.3, -0.25) is 14.0 Å². The first kappa shape index (κ1) is 17.0. The molecule has 0 bridgehead atoms. The molecule has 24 heavy (non-hydrogen) atoms. The van der Waals surface area contributed by atoms with Gasteiger partial charge in [-0.05, 0) is 54.2 Å². The first-order valence-electron chi connectivity index (χ1n) is 7.94. The molecule has 2 aromatic heterocycles. The van der Waals surface area contributed by atoms with E-state index in [9.17, 15) is 9.59 Å². The number of methoxy groups -OCH3 is 1. The Kier molecular flexibility index (Phi) is 4.62. The molecule has 0 N–H and O–H groups in total. The average Bonchev–Trinajstić information content (AvgIpc) is 2.90. The summed E-state index contributed by atoms with van der Waals surface area (Å²) in [6, 6.07) is 1.98. The number of halogens is 1. The maximum Gasteiger partial charge on any atom is 0.308 e. The Bertz CT molecular complexity index is 807. The van der Waals surface area contributed by atoms with Gasteiger partial charge in [0, 0.05) is 19.3 Å². The Labute approximate surface area is 148 Å². The average molecular weight is 394 g/mol. The summed E-state index contributed by atoms with van der Waals surface area (Å²) < 4.78 is 7.52. The topological polar surface area (TPSA) is 63.9 Å². The van der Waals surface area contributed by atoms with Gasteiger partial charge in [0.05, 0.1) is 23.2 Å². The number of amides is 1. The Balaban J connectivity index is 1.88. The summed E-state index contributed by atoms with van der Waals surface area (Å²) in [6.07, 6.45) is 3.20. The van der Waals surface area contributed by atoms with Crippen LogP contribution in [0.3, 0.4) is 0 Å². The Morgan fingerprint density at radius 1 is 1.29 bits per heavy atom. The Morgan fingerprint density at radius 3 is 2.58 bits per heavy atom. The number of carbonyl (C=O) groups excluding carboxylic acids is 2. The van der Waals surface area contributed by atoms with Crippen LogP contribution in [0.4, 0.5) is 0 Å². The van der Waals surface area contributed by atoms with Crippen LogP contribution < -0.4 is 0 Å². The first-order valence-corrected chi connectivity index (χ1v) is 8.73. The highest BCUT2D eigenvalue weighted by atomic mass is 79.9. The van der Waals surface area contributed by atoms with Gasteiger partial charge >= 0.3 is 5.97 Å². The van der Waals surface area contributed by atoms with Crippen molar-refractivity contribution in [3.8, 4) is 0 Å². The van der Waals surface area contributed by atoms with Gasteiger partial charge in [0.1, 0.15) is 5.69 Å². The number of likely N-dealkylation sites (tertiary alicyclic amines) is 1. The van der Waals surface area contributed by atoms with Gasteiger partial charge in [0.2, 0.25) is 0 Å². The largest absolute Gasteiger partial charge is 0.469 e. The predicted molar refractivity (Wildman–Crippen MR) is 93.0 cm³/mol. The zero-order valence-corrected chi connectivity index (χ0v) is 15.6. The van der Waals surface area contributed by atoms with Crippen LogP contribution in [0.15, 0.2) is 16.7 Å². The van der Waals surface area contributed by atoms with Crippen molar-refractivity contribution in [2.75, 3.05) is 20.2 Å². The summed E-state index contributed by atoms with van der Waals surface area (Å²) in [4.78, 5) is 30.9. The number of imidazole rings is 1. The summed E-state index contributed by atoms with van der Waals surface area (Å²) in [5.74, 6) is -0.341. The molecule has 0 radical (unpaired) electrons. The van der Waals surface area contributed by atoms with E-state index in [0.717, 1.165) is 15.7 Å². The molecular formula is C17H20BrN3O3. The van der Waals surface area contributed by atoms with Crippen molar-refractivity contribution in [1.82, 2.24) is 14.3 Å². The molecule has 1 amide bonds. The van der Waals surface area contributed by atoms with Crippen molar-refractivity contribution in [3.63, 3.8) is 0 Å². The lowest BCUT2D eigenvalue weighted by Crippen LogP contribution is -2.41. The second kappa shape index (κ2) is 6.55. The lowest BCUT2D eigenvalue weighted by atomic mass is 9.97. The standard InChI is InChI=1S/C17H20BrN3O3/c1-10-8-13(18)15-19-11(2)14(21(15)9-10)16(22)20-6-4-12(5-7-20)17(23)24-3/h8-9,12H,4-7H2,1-3H3. The van der Waals surface area contributed by atoms with Crippen molar-refractivity contribution in [2.45, 2.75) is 26.7 Å². The van der Waals surface area contributed by atoms with Crippen LogP contribution in [0.2, 0.25) is 0 Å². The van der Waals surface area contributed by atoms with Gasteiger partial charge in [-0.25, -0.2) is 4.98 Å². The molecular weight excluding hydrogens is 374 g/mol. The molecule has 0 aromatic carbocycles. The predicted octanol–water partition coefficient (Wildman–Crippen LogP) is 2.74. The zero-order valence-electron chi connectivity index (χ0n) is 14.0. The molecule has 0 unspecified atom stereocenters. The number of fused-ring (bicyclic) bond motifs is 1. The van der Waals surface area contributed by atoms with Crippen LogP contribution in [0, 0.1) is 19.8 Å². The van der Waals surface area contributed by atoms with Crippen LogP contribution >= 0.6 is 15.9 Å². The monoisotopic (exact) mass is 393 g/mol. The maximum absolute atomic E-state index is 13.0. The van der Waals surface area contributed by atoms with Crippen molar-refractivity contribution < 1.29 is 14.3 Å². The lowest BCUT2D eigenvalue weighted by Gasteiger charge is -2.30. The fourth-order valence-electron chi connectivity index (χ4n) is 3.24. The van der Waals surface area contributed by atoms with Gasteiger partial charge in [0.15, 0.2) is 5.65 Å².